The molecule has 0 aliphatic rings. The first-order chi connectivity index (χ1) is 9.93. The number of aliphatic carboxylic acids is 1. The first-order valence-electron chi connectivity index (χ1n) is 6.66. The van der Waals surface area contributed by atoms with Gasteiger partial charge in [0.1, 0.15) is 0 Å². The Balaban J connectivity index is 2.24. The van der Waals surface area contributed by atoms with Crippen LogP contribution >= 0.6 is 0 Å². The third-order valence-electron chi connectivity index (χ3n) is 3.30. The van der Waals surface area contributed by atoms with Crippen molar-refractivity contribution in [3.8, 4) is 0 Å². The van der Waals surface area contributed by atoms with E-state index in [-0.39, 0.29) is 12.5 Å². The Labute approximate surface area is 121 Å². The minimum Gasteiger partial charge on any atom is -0.481 e. The second-order valence-electron chi connectivity index (χ2n) is 4.98. The van der Waals surface area contributed by atoms with Crippen molar-refractivity contribution in [3.05, 3.63) is 23.5 Å². The lowest BCUT2D eigenvalue weighted by atomic mass is 10.1. The topological polar surface area (TPSA) is 96.5 Å². The molecule has 2 rings (SSSR count). The van der Waals surface area contributed by atoms with Crippen molar-refractivity contribution in [2.75, 3.05) is 13.6 Å². The highest BCUT2D eigenvalue weighted by molar-refractivity contribution is 5.97. The molecule has 0 saturated carbocycles. The summed E-state index contributed by atoms with van der Waals surface area (Å²) in [6.45, 7) is 3.63. The summed E-state index contributed by atoms with van der Waals surface area (Å²) in [5.74, 6) is -1.84. The Morgan fingerprint density at radius 2 is 2.19 bits per heavy atom. The molecular formula is C14H17N3O4. The molecule has 0 fully saturated rings. The molecule has 112 valence electrons. The maximum absolute atomic E-state index is 12.3. The van der Waals surface area contributed by atoms with E-state index in [0.717, 1.165) is 5.69 Å². The van der Waals surface area contributed by atoms with E-state index < -0.39 is 11.9 Å². The predicted octanol–water partition coefficient (Wildman–Crippen LogP) is 1.58. The predicted molar refractivity (Wildman–Crippen MR) is 74.9 cm³/mol. The van der Waals surface area contributed by atoms with Gasteiger partial charge in [0.25, 0.3) is 11.6 Å². The van der Waals surface area contributed by atoms with Gasteiger partial charge in [0.05, 0.1) is 22.6 Å². The van der Waals surface area contributed by atoms with Gasteiger partial charge in [-0.25, -0.2) is 4.98 Å². The normalized spacial score (nSPS) is 12.3. The van der Waals surface area contributed by atoms with E-state index in [9.17, 15) is 9.59 Å². The van der Waals surface area contributed by atoms with Crippen molar-refractivity contribution in [1.29, 1.82) is 0 Å². The number of carboxylic acids is 1. The fourth-order valence-electron chi connectivity index (χ4n) is 2.04. The fourth-order valence-corrected chi connectivity index (χ4v) is 2.04. The summed E-state index contributed by atoms with van der Waals surface area (Å²) in [5, 5.41) is 13.5. The van der Waals surface area contributed by atoms with Crippen molar-refractivity contribution in [2.24, 2.45) is 5.92 Å². The number of amides is 1. The van der Waals surface area contributed by atoms with Gasteiger partial charge in [0.2, 0.25) is 0 Å². The second kappa shape index (κ2) is 5.90. The number of hydrogen-bond donors (Lipinski definition) is 1. The summed E-state index contributed by atoms with van der Waals surface area (Å²) in [4.78, 5) is 28.6. The Hall–Kier alpha value is -2.44. The Morgan fingerprint density at radius 1 is 1.48 bits per heavy atom. The third-order valence-corrected chi connectivity index (χ3v) is 3.30. The molecule has 0 aromatic carbocycles. The monoisotopic (exact) mass is 291 g/mol. The van der Waals surface area contributed by atoms with E-state index in [4.69, 9.17) is 9.63 Å². The number of carbonyl (C=O) groups excluding carboxylic acids is 1. The molecule has 0 saturated heterocycles. The maximum atomic E-state index is 12.3. The molecule has 2 heterocycles. The van der Waals surface area contributed by atoms with Crippen LogP contribution in [-0.2, 0) is 11.2 Å². The Morgan fingerprint density at radius 3 is 2.81 bits per heavy atom. The van der Waals surface area contributed by atoms with Crippen molar-refractivity contribution in [1.82, 2.24) is 15.0 Å². The van der Waals surface area contributed by atoms with Gasteiger partial charge < -0.3 is 14.5 Å². The van der Waals surface area contributed by atoms with E-state index in [1.54, 1.807) is 20.0 Å². The molecule has 2 aromatic rings. The molecular weight excluding hydrogens is 274 g/mol. The number of nitrogens with zero attached hydrogens (tertiary/aromatic N) is 3. The summed E-state index contributed by atoms with van der Waals surface area (Å²) < 4.78 is 5.07. The van der Waals surface area contributed by atoms with Crippen LogP contribution in [0.25, 0.3) is 11.1 Å². The minimum atomic E-state index is -0.935. The number of rotatable bonds is 5. The summed E-state index contributed by atoms with van der Waals surface area (Å²) in [6, 6.07) is 1.68. The zero-order chi connectivity index (χ0) is 15.6. The molecule has 7 heteroatoms. The molecule has 2 aromatic heterocycles. The summed E-state index contributed by atoms with van der Waals surface area (Å²) in [6.07, 6.45) is 2.09. The van der Waals surface area contributed by atoms with Gasteiger partial charge in [-0.05, 0) is 12.5 Å². The van der Waals surface area contributed by atoms with Gasteiger partial charge in [-0.2, -0.15) is 0 Å². The molecule has 0 bridgehead atoms. The molecule has 0 aliphatic carbocycles. The number of fused-ring (bicyclic) bond motifs is 1. The van der Waals surface area contributed by atoms with E-state index >= 15 is 0 Å². The molecule has 1 amide bonds. The second-order valence-corrected chi connectivity index (χ2v) is 4.98. The van der Waals surface area contributed by atoms with Gasteiger partial charge in [0, 0.05) is 19.8 Å². The quantitative estimate of drug-likeness (QED) is 0.898. The molecule has 7 nitrogen and oxygen atoms in total. The van der Waals surface area contributed by atoms with Crippen LogP contribution in [0, 0.1) is 5.92 Å². The number of aromatic nitrogens is 2. The Kier molecular flexibility index (Phi) is 4.21. The highest BCUT2D eigenvalue weighted by Crippen LogP contribution is 2.19. The van der Waals surface area contributed by atoms with E-state index in [1.807, 2.05) is 6.92 Å². The highest BCUT2D eigenvalue weighted by Gasteiger charge is 2.20. The van der Waals surface area contributed by atoms with Gasteiger partial charge in [-0.1, -0.05) is 19.0 Å². The van der Waals surface area contributed by atoms with Gasteiger partial charge in [-0.3, -0.25) is 9.59 Å². The molecule has 21 heavy (non-hydrogen) atoms. The molecule has 0 spiro atoms. The lowest BCUT2D eigenvalue weighted by Gasteiger charge is -2.19. The van der Waals surface area contributed by atoms with Crippen LogP contribution in [0.15, 0.2) is 16.8 Å². The Bertz CT molecular complexity index is 680. The van der Waals surface area contributed by atoms with Crippen LogP contribution in [0.3, 0.4) is 0 Å². The summed E-state index contributed by atoms with van der Waals surface area (Å²) >= 11 is 0. The highest BCUT2D eigenvalue weighted by atomic mass is 16.5. The number of carbonyl (C=O) groups is 2. The molecule has 1 N–H and O–H groups in total. The molecule has 0 aliphatic heterocycles. The SMILES string of the molecule is CCc1noc2ncc(C(=O)N(C)CC(C)C(=O)O)cc12. The smallest absolute Gasteiger partial charge is 0.308 e. The lowest BCUT2D eigenvalue weighted by Crippen LogP contribution is -2.33. The fraction of sp³-hybridized carbons (Fsp3) is 0.429. The minimum absolute atomic E-state index is 0.135. The average molecular weight is 291 g/mol. The zero-order valence-electron chi connectivity index (χ0n) is 12.2. The first-order valence-corrected chi connectivity index (χ1v) is 6.66. The van der Waals surface area contributed by atoms with Crippen LogP contribution in [0.1, 0.15) is 29.9 Å². The van der Waals surface area contributed by atoms with E-state index in [0.29, 0.717) is 23.1 Å². The largest absolute Gasteiger partial charge is 0.481 e. The van der Waals surface area contributed by atoms with Crippen molar-refractivity contribution in [3.63, 3.8) is 0 Å². The first kappa shape index (κ1) is 15.0. The lowest BCUT2D eigenvalue weighted by molar-refractivity contribution is -0.141. The third kappa shape index (κ3) is 3.01. The van der Waals surface area contributed by atoms with Crippen LogP contribution in [0.5, 0.6) is 0 Å². The zero-order valence-corrected chi connectivity index (χ0v) is 12.2. The number of pyridine rings is 1. The van der Waals surface area contributed by atoms with Crippen LogP contribution < -0.4 is 0 Å². The van der Waals surface area contributed by atoms with Crippen LogP contribution in [0.2, 0.25) is 0 Å². The summed E-state index contributed by atoms with van der Waals surface area (Å²) in [5.41, 5.74) is 1.53. The maximum Gasteiger partial charge on any atom is 0.308 e. The number of carboxylic acid groups (broad SMARTS) is 1. The van der Waals surface area contributed by atoms with E-state index in [2.05, 4.69) is 10.1 Å². The van der Waals surface area contributed by atoms with Gasteiger partial charge in [-0.15, -0.1) is 0 Å². The molecule has 0 radical (unpaired) electrons. The van der Waals surface area contributed by atoms with Crippen LogP contribution in [-0.4, -0.2) is 45.6 Å². The van der Waals surface area contributed by atoms with E-state index in [1.165, 1.54) is 11.1 Å². The average Bonchev–Trinajstić information content (AvgIpc) is 2.88. The molecule has 1 unspecified atom stereocenters. The van der Waals surface area contributed by atoms with Crippen molar-refractivity contribution < 1.29 is 19.2 Å². The van der Waals surface area contributed by atoms with Gasteiger partial charge >= 0.3 is 5.97 Å². The van der Waals surface area contributed by atoms with Crippen LogP contribution in [0.4, 0.5) is 0 Å². The van der Waals surface area contributed by atoms with Crippen molar-refractivity contribution in [2.45, 2.75) is 20.3 Å². The number of hydrogen-bond acceptors (Lipinski definition) is 5. The standard InChI is InChI=1S/C14H17N3O4/c1-4-11-10-5-9(6-15-12(10)21-16-11)13(18)17(3)7-8(2)14(19)20/h5-6,8H,4,7H2,1-3H3,(H,19,20). The molecule has 1 atom stereocenters. The summed E-state index contributed by atoms with van der Waals surface area (Å²) in [7, 11) is 1.57. The van der Waals surface area contributed by atoms with Gasteiger partial charge in [0.15, 0.2) is 0 Å². The number of aryl methyl sites for hydroxylation is 1. The van der Waals surface area contributed by atoms with Crippen molar-refractivity contribution >= 4 is 23.0 Å².